The van der Waals surface area contributed by atoms with Gasteiger partial charge in [-0.2, -0.15) is 0 Å². The molecule has 0 spiro atoms. The average molecular weight is 282 g/mol. The lowest BCUT2D eigenvalue weighted by molar-refractivity contribution is -0.158. The normalized spacial score (nSPS) is 36.0. The molecule has 3 rings (SSSR count). The van der Waals surface area contributed by atoms with E-state index in [0.29, 0.717) is 19.1 Å². The summed E-state index contributed by atoms with van der Waals surface area (Å²) in [6.45, 7) is 5.09. The van der Waals surface area contributed by atoms with Crippen LogP contribution in [0, 0.1) is 17.8 Å². The van der Waals surface area contributed by atoms with E-state index in [1.165, 1.54) is 32.1 Å². The van der Waals surface area contributed by atoms with Gasteiger partial charge in [0.1, 0.15) is 0 Å². The van der Waals surface area contributed by atoms with E-state index in [4.69, 9.17) is 14.2 Å². The molecule has 2 saturated heterocycles. The Labute approximate surface area is 121 Å². The second-order valence-corrected chi connectivity index (χ2v) is 6.91. The van der Waals surface area contributed by atoms with Crippen LogP contribution < -0.4 is 0 Å². The van der Waals surface area contributed by atoms with E-state index < -0.39 is 5.79 Å². The van der Waals surface area contributed by atoms with Gasteiger partial charge in [-0.15, -0.1) is 0 Å². The highest BCUT2D eigenvalue weighted by Gasteiger charge is 2.47. The highest BCUT2D eigenvalue weighted by molar-refractivity contribution is 5.74. The van der Waals surface area contributed by atoms with Gasteiger partial charge >= 0.3 is 5.97 Å². The number of cyclic esters (lactones) is 1. The van der Waals surface area contributed by atoms with Gasteiger partial charge in [-0.25, -0.2) is 0 Å². The Bertz CT molecular complexity index is 359. The van der Waals surface area contributed by atoms with Gasteiger partial charge in [-0.1, -0.05) is 32.1 Å². The number of rotatable bonds is 3. The van der Waals surface area contributed by atoms with Crippen LogP contribution in [0.2, 0.25) is 0 Å². The van der Waals surface area contributed by atoms with Gasteiger partial charge in [0.05, 0.1) is 25.2 Å². The van der Waals surface area contributed by atoms with Crippen LogP contribution in [0.1, 0.15) is 52.4 Å². The molecule has 3 fully saturated rings. The molecule has 0 aromatic rings. The Morgan fingerprint density at radius 3 is 2.45 bits per heavy atom. The van der Waals surface area contributed by atoms with Crippen molar-refractivity contribution in [2.75, 3.05) is 13.2 Å². The lowest BCUT2D eigenvalue weighted by Crippen LogP contribution is -2.39. The first-order valence-corrected chi connectivity index (χ1v) is 8.05. The van der Waals surface area contributed by atoms with Crippen molar-refractivity contribution >= 4 is 5.97 Å². The minimum absolute atomic E-state index is 0.0144. The minimum Gasteiger partial charge on any atom is -0.465 e. The maximum absolute atomic E-state index is 12.1. The largest absolute Gasteiger partial charge is 0.465 e. The Balaban J connectivity index is 1.77. The topological polar surface area (TPSA) is 44.8 Å². The zero-order valence-electron chi connectivity index (χ0n) is 12.6. The van der Waals surface area contributed by atoms with E-state index in [1.807, 2.05) is 13.8 Å². The van der Waals surface area contributed by atoms with Crippen molar-refractivity contribution in [2.45, 2.75) is 64.3 Å². The van der Waals surface area contributed by atoms with Crippen LogP contribution in [-0.4, -0.2) is 31.1 Å². The molecule has 0 amide bonds. The molecule has 3 aliphatic rings. The highest BCUT2D eigenvalue weighted by Crippen LogP contribution is 2.43. The van der Waals surface area contributed by atoms with Crippen LogP contribution in [0.3, 0.4) is 0 Å². The number of esters is 1. The molecule has 0 N–H and O–H groups in total. The van der Waals surface area contributed by atoms with Gasteiger partial charge in [0.2, 0.25) is 0 Å². The SMILES string of the molecule is CC1(C)OC[C@H]([C@@H](C2CCCCC2)C2CCOC2=O)O1. The summed E-state index contributed by atoms with van der Waals surface area (Å²) in [4.78, 5) is 12.1. The number of hydrogen-bond donors (Lipinski definition) is 0. The highest BCUT2D eigenvalue weighted by atomic mass is 16.7. The molecular weight excluding hydrogens is 256 g/mol. The summed E-state index contributed by atoms with van der Waals surface area (Å²) >= 11 is 0. The van der Waals surface area contributed by atoms with Gasteiger partial charge in [-0.05, 0) is 26.2 Å². The fraction of sp³-hybridized carbons (Fsp3) is 0.938. The van der Waals surface area contributed by atoms with E-state index >= 15 is 0 Å². The molecule has 2 aliphatic heterocycles. The summed E-state index contributed by atoms with van der Waals surface area (Å²) in [7, 11) is 0. The van der Waals surface area contributed by atoms with Crippen LogP contribution in [-0.2, 0) is 19.0 Å². The molecule has 20 heavy (non-hydrogen) atoms. The lowest BCUT2D eigenvalue weighted by atomic mass is 9.71. The lowest BCUT2D eigenvalue weighted by Gasteiger charge is -2.36. The van der Waals surface area contributed by atoms with Crippen LogP contribution in [0.25, 0.3) is 0 Å². The van der Waals surface area contributed by atoms with Gasteiger partial charge in [0.25, 0.3) is 0 Å². The molecule has 4 nitrogen and oxygen atoms in total. The Kier molecular flexibility index (Phi) is 4.04. The summed E-state index contributed by atoms with van der Waals surface area (Å²) in [5, 5.41) is 0. The third kappa shape index (κ3) is 2.86. The third-order valence-corrected chi connectivity index (χ3v) is 5.09. The molecule has 0 bridgehead atoms. The molecule has 3 atom stereocenters. The third-order valence-electron chi connectivity index (χ3n) is 5.09. The maximum atomic E-state index is 12.1. The van der Waals surface area contributed by atoms with E-state index in [2.05, 4.69) is 0 Å². The smallest absolute Gasteiger partial charge is 0.309 e. The molecule has 1 aliphatic carbocycles. The van der Waals surface area contributed by atoms with Crippen LogP contribution in [0.4, 0.5) is 0 Å². The molecule has 1 unspecified atom stereocenters. The first-order valence-electron chi connectivity index (χ1n) is 8.05. The van der Waals surface area contributed by atoms with Crippen LogP contribution >= 0.6 is 0 Å². The Morgan fingerprint density at radius 2 is 1.90 bits per heavy atom. The fourth-order valence-corrected chi connectivity index (χ4v) is 4.18. The number of carbonyl (C=O) groups excluding carboxylic acids is 1. The van der Waals surface area contributed by atoms with Crippen molar-refractivity contribution in [3.8, 4) is 0 Å². The quantitative estimate of drug-likeness (QED) is 0.747. The van der Waals surface area contributed by atoms with Gasteiger partial charge in [0, 0.05) is 5.92 Å². The summed E-state index contributed by atoms with van der Waals surface area (Å²) in [5.41, 5.74) is 0. The van der Waals surface area contributed by atoms with Crippen molar-refractivity contribution in [1.29, 1.82) is 0 Å². The summed E-state index contributed by atoms with van der Waals surface area (Å²) in [5.74, 6) is 0.337. The zero-order valence-corrected chi connectivity index (χ0v) is 12.6. The van der Waals surface area contributed by atoms with Crippen LogP contribution in [0.5, 0.6) is 0 Å². The van der Waals surface area contributed by atoms with Gasteiger partial charge in [-0.3, -0.25) is 4.79 Å². The van der Waals surface area contributed by atoms with E-state index in [0.717, 1.165) is 6.42 Å². The molecule has 0 aromatic heterocycles. The van der Waals surface area contributed by atoms with Crippen molar-refractivity contribution < 1.29 is 19.0 Å². The van der Waals surface area contributed by atoms with E-state index in [1.54, 1.807) is 0 Å². The zero-order chi connectivity index (χ0) is 14.2. The Hall–Kier alpha value is -0.610. The number of carbonyl (C=O) groups is 1. The predicted molar refractivity (Wildman–Crippen MR) is 74.0 cm³/mol. The van der Waals surface area contributed by atoms with Gasteiger partial charge in [0.15, 0.2) is 5.79 Å². The minimum atomic E-state index is -0.514. The van der Waals surface area contributed by atoms with Crippen LogP contribution in [0.15, 0.2) is 0 Å². The average Bonchev–Trinajstić information content (AvgIpc) is 2.99. The molecule has 4 heteroatoms. The first-order chi connectivity index (χ1) is 9.57. The van der Waals surface area contributed by atoms with Crippen molar-refractivity contribution in [1.82, 2.24) is 0 Å². The fourth-order valence-electron chi connectivity index (χ4n) is 4.18. The standard InChI is InChI=1S/C16H26O4/c1-16(2)19-10-13(20-16)14(11-6-4-3-5-7-11)12-8-9-18-15(12)17/h11-14H,3-10H2,1-2H3/t12?,13-,14+/m1/s1. The summed E-state index contributed by atoms with van der Waals surface area (Å²) in [6.07, 6.45) is 7.21. The van der Waals surface area contributed by atoms with Crippen molar-refractivity contribution in [3.05, 3.63) is 0 Å². The monoisotopic (exact) mass is 282 g/mol. The Morgan fingerprint density at radius 1 is 1.15 bits per heavy atom. The molecule has 0 aromatic carbocycles. The number of ether oxygens (including phenoxy) is 3. The summed E-state index contributed by atoms with van der Waals surface area (Å²) in [6, 6.07) is 0. The molecular formula is C16H26O4. The van der Waals surface area contributed by atoms with Crippen molar-refractivity contribution in [3.63, 3.8) is 0 Å². The van der Waals surface area contributed by atoms with E-state index in [9.17, 15) is 4.79 Å². The van der Waals surface area contributed by atoms with Crippen molar-refractivity contribution in [2.24, 2.45) is 17.8 Å². The second kappa shape index (κ2) is 5.64. The molecule has 0 radical (unpaired) electrons. The predicted octanol–water partition coefficient (Wildman–Crippen LogP) is 2.90. The second-order valence-electron chi connectivity index (χ2n) is 6.91. The molecule has 2 heterocycles. The molecule has 1 saturated carbocycles. The van der Waals surface area contributed by atoms with E-state index in [-0.39, 0.29) is 23.9 Å². The summed E-state index contributed by atoms with van der Waals surface area (Å²) < 4.78 is 17.1. The maximum Gasteiger partial charge on any atom is 0.309 e. The molecule has 114 valence electrons. The first kappa shape index (κ1) is 14.3. The number of hydrogen-bond acceptors (Lipinski definition) is 4. The van der Waals surface area contributed by atoms with Gasteiger partial charge < -0.3 is 14.2 Å².